The molecule has 232 valence electrons. The maximum atomic E-state index is 13.1. The summed E-state index contributed by atoms with van der Waals surface area (Å²) < 4.78 is 11.8. The van der Waals surface area contributed by atoms with Gasteiger partial charge in [0.05, 0.1) is 11.1 Å². The molecular weight excluding hydrogens is 520 g/mol. The molecule has 0 aliphatic heterocycles. The first-order valence-electron chi connectivity index (χ1n) is 17.2. The van der Waals surface area contributed by atoms with Gasteiger partial charge in [-0.3, -0.25) is 0 Å². The molecule has 0 N–H and O–H groups in total. The van der Waals surface area contributed by atoms with Gasteiger partial charge in [0.1, 0.15) is 12.7 Å². The summed E-state index contributed by atoms with van der Waals surface area (Å²) in [4.78, 5) is 26.0. The summed E-state index contributed by atoms with van der Waals surface area (Å²) in [5.41, 5.74) is 3.64. The SMILES string of the molecule is CCCCCCCCc1ccc(C(=O)OCC(OC(=O)c2ccc(CCCCCCCC)cc2)C2CCCCC2)cc1. The smallest absolute Gasteiger partial charge is 0.338 e. The summed E-state index contributed by atoms with van der Waals surface area (Å²) in [7, 11) is 0. The molecule has 1 atom stereocenters. The van der Waals surface area contributed by atoms with Gasteiger partial charge >= 0.3 is 11.9 Å². The van der Waals surface area contributed by atoms with Crippen LogP contribution in [0.1, 0.15) is 155 Å². The van der Waals surface area contributed by atoms with Crippen molar-refractivity contribution in [3.05, 3.63) is 70.8 Å². The highest BCUT2D eigenvalue weighted by Gasteiger charge is 2.29. The molecule has 0 bridgehead atoms. The maximum Gasteiger partial charge on any atom is 0.338 e. The number of hydrogen-bond acceptors (Lipinski definition) is 4. The lowest BCUT2D eigenvalue weighted by atomic mass is 9.85. The number of carbonyl (C=O) groups is 2. The number of benzene rings is 2. The summed E-state index contributed by atoms with van der Waals surface area (Å²) in [6.45, 7) is 4.59. The van der Waals surface area contributed by atoms with E-state index in [0.717, 1.165) is 38.5 Å². The Kier molecular flexibility index (Phi) is 16.4. The van der Waals surface area contributed by atoms with Crippen LogP contribution in [-0.2, 0) is 22.3 Å². The largest absolute Gasteiger partial charge is 0.458 e. The monoisotopic (exact) mass is 576 g/mol. The molecule has 1 aliphatic carbocycles. The molecule has 1 saturated carbocycles. The van der Waals surface area contributed by atoms with E-state index < -0.39 is 6.10 Å². The molecule has 0 heterocycles. The number of unbranched alkanes of at least 4 members (excludes halogenated alkanes) is 10. The van der Waals surface area contributed by atoms with E-state index in [1.54, 1.807) is 0 Å². The topological polar surface area (TPSA) is 52.6 Å². The van der Waals surface area contributed by atoms with Crippen LogP contribution in [0.2, 0.25) is 0 Å². The fraction of sp³-hybridized carbons (Fsp3) is 0.632. The van der Waals surface area contributed by atoms with Crippen LogP contribution in [0.4, 0.5) is 0 Å². The first-order chi connectivity index (χ1) is 20.6. The van der Waals surface area contributed by atoms with E-state index >= 15 is 0 Å². The van der Waals surface area contributed by atoms with E-state index in [1.165, 1.54) is 94.6 Å². The highest BCUT2D eigenvalue weighted by molar-refractivity contribution is 5.90. The van der Waals surface area contributed by atoms with Crippen LogP contribution >= 0.6 is 0 Å². The second-order valence-corrected chi connectivity index (χ2v) is 12.4. The van der Waals surface area contributed by atoms with Gasteiger partial charge in [-0.15, -0.1) is 0 Å². The van der Waals surface area contributed by atoms with Gasteiger partial charge in [0, 0.05) is 0 Å². The third-order valence-electron chi connectivity index (χ3n) is 8.83. The molecule has 2 aromatic carbocycles. The summed E-state index contributed by atoms with van der Waals surface area (Å²) in [6.07, 6.45) is 22.5. The molecule has 3 rings (SSSR count). The third kappa shape index (κ3) is 12.7. The Hall–Kier alpha value is -2.62. The van der Waals surface area contributed by atoms with Crippen molar-refractivity contribution >= 4 is 11.9 Å². The van der Waals surface area contributed by atoms with E-state index in [1.807, 2.05) is 36.4 Å². The molecule has 4 nitrogen and oxygen atoms in total. The Balaban J connectivity index is 1.48. The molecule has 0 spiro atoms. The van der Waals surface area contributed by atoms with Crippen LogP contribution in [0, 0.1) is 5.92 Å². The number of aryl methyl sites for hydroxylation is 2. The molecule has 0 radical (unpaired) electrons. The van der Waals surface area contributed by atoms with E-state index in [0.29, 0.717) is 11.1 Å². The van der Waals surface area contributed by atoms with Crippen molar-refractivity contribution < 1.29 is 19.1 Å². The quantitative estimate of drug-likeness (QED) is 0.116. The van der Waals surface area contributed by atoms with Gasteiger partial charge in [0.25, 0.3) is 0 Å². The zero-order chi connectivity index (χ0) is 29.8. The number of carbonyl (C=O) groups excluding carboxylic acids is 2. The lowest BCUT2D eigenvalue weighted by molar-refractivity contribution is -0.0247. The van der Waals surface area contributed by atoms with E-state index in [9.17, 15) is 9.59 Å². The minimum absolute atomic E-state index is 0.102. The zero-order valence-corrected chi connectivity index (χ0v) is 26.5. The normalized spacial score (nSPS) is 14.4. The molecule has 0 saturated heterocycles. The van der Waals surface area contributed by atoms with Gasteiger partial charge in [-0.1, -0.05) is 122 Å². The van der Waals surface area contributed by atoms with Crippen LogP contribution < -0.4 is 0 Å². The van der Waals surface area contributed by atoms with Gasteiger partial charge in [-0.2, -0.15) is 0 Å². The third-order valence-corrected chi connectivity index (χ3v) is 8.83. The maximum absolute atomic E-state index is 13.1. The standard InChI is InChI=1S/C38H56O4/c1-3-5-7-9-11-14-18-31-22-26-34(27-23-31)37(39)41-30-36(33-20-16-13-17-21-33)42-38(40)35-28-24-32(25-29-35)19-15-12-10-8-6-4-2/h22-29,33,36H,3-21,30H2,1-2H3. The van der Waals surface area contributed by atoms with Gasteiger partial charge < -0.3 is 9.47 Å². The highest BCUT2D eigenvalue weighted by Crippen LogP contribution is 2.29. The summed E-state index contributed by atoms with van der Waals surface area (Å²) in [6, 6.07) is 15.7. The second kappa shape index (κ2) is 20.3. The van der Waals surface area contributed by atoms with Crippen molar-refractivity contribution in [2.75, 3.05) is 6.61 Å². The molecule has 0 amide bonds. The Bertz CT molecular complexity index is 1000. The molecule has 1 fully saturated rings. The summed E-state index contributed by atoms with van der Waals surface area (Å²) >= 11 is 0. The number of hydrogen-bond donors (Lipinski definition) is 0. The Morgan fingerprint density at radius 1 is 0.619 bits per heavy atom. The average molecular weight is 577 g/mol. The van der Waals surface area contributed by atoms with Gasteiger partial charge in [-0.25, -0.2) is 9.59 Å². The van der Waals surface area contributed by atoms with E-state index in [2.05, 4.69) is 26.0 Å². The fourth-order valence-corrected chi connectivity index (χ4v) is 6.05. The van der Waals surface area contributed by atoms with Crippen molar-refractivity contribution in [1.82, 2.24) is 0 Å². The van der Waals surface area contributed by atoms with Gasteiger partial charge in [0.15, 0.2) is 0 Å². The van der Waals surface area contributed by atoms with Crippen LogP contribution in [0.5, 0.6) is 0 Å². The summed E-state index contributed by atoms with van der Waals surface area (Å²) in [5.74, 6) is -0.453. The Morgan fingerprint density at radius 3 is 1.57 bits per heavy atom. The Labute approximate surface area is 256 Å². The van der Waals surface area contributed by atoms with Crippen LogP contribution in [0.15, 0.2) is 48.5 Å². The minimum Gasteiger partial charge on any atom is -0.458 e. The number of ether oxygens (including phenoxy) is 2. The molecule has 2 aromatic rings. The molecule has 0 aromatic heterocycles. The summed E-state index contributed by atoms with van der Waals surface area (Å²) in [5, 5.41) is 0. The molecule has 1 aliphatic rings. The molecule has 1 unspecified atom stereocenters. The molecular formula is C38H56O4. The van der Waals surface area contributed by atoms with E-state index in [-0.39, 0.29) is 24.5 Å². The highest BCUT2D eigenvalue weighted by atomic mass is 16.6. The number of rotatable bonds is 20. The first-order valence-corrected chi connectivity index (χ1v) is 17.2. The van der Waals surface area contributed by atoms with Gasteiger partial charge in [0.2, 0.25) is 0 Å². The minimum atomic E-state index is -0.420. The van der Waals surface area contributed by atoms with Crippen molar-refractivity contribution in [2.24, 2.45) is 5.92 Å². The van der Waals surface area contributed by atoms with E-state index in [4.69, 9.17) is 9.47 Å². The van der Waals surface area contributed by atoms with Crippen LogP contribution in [-0.4, -0.2) is 24.6 Å². The first kappa shape index (κ1) is 33.9. The Morgan fingerprint density at radius 2 is 1.07 bits per heavy atom. The number of esters is 2. The zero-order valence-electron chi connectivity index (χ0n) is 26.5. The van der Waals surface area contributed by atoms with Crippen molar-refractivity contribution in [3.8, 4) is 0 Å². The predicted octanol–water partition coefficient (Wildman–Crippen LogP) is 10.5. The van der Waals surface area contributed by atoms with Gasteiger partial charge in [-0.05, 0) is 79.8 Å². The fourth-order valence-electron chi connectivity index (χ4n) is 6.05. The van der Waals surface area contributed by atoms with Crippen LogP contribution in [0.3, 0.4) is 0 Å². The lowest BCUT2D eigenvalue weighted by Gasteiger charge is -2.29. The van der Waals surface area contributed by atoms with Crippen LogP contribution in [0.25, 0.3) is 0 Å². The van der Waals surface area contributed by atoms with Crippen molar-refractivity contribution in [3.63, 3.8) is 0 Å². The lowest BCUT2D eigenvalue weighted by Crippen LogP contribution is -2.33. The van der Waals surface area contributed by atoms with Crippen molar-refractivity contribution in [2.45, 2.75) is 142 Å². The average Bonchev–Trinajstić information content (AvgIpc) is 3.03. The predicted molar refractivity (Wildman–Crippen MR) is 173 cm³/mol. The second-order valence-electron chi connectivity index (χ2n) is 12.4. The van der Waals surface area contributed by atoms with Crippen molar-refractivity contribution in [1.29, 1.82) is 0 Å². The molecule has 42 heavy (non-hydrogen) atoms. The molecule has 4 heteroatoms.